The largest absolute Gasteiger partial charge is 0.346 e. The smallest absolute Gasteiger partial charge is 0.173 e. The van der Waals surface area contributed by atoms with Crippen LogP contribution in [0.2, 0.25) is 0 Å². The molecule has 1 N–H and O–H groups in total. The minimum atomic E-state index is 0.823. The molecule has 0 saturated carbocycles. The van der Waals surface area contributed by atoms with E-state index in [-0.39, 0.29) is 0 Å². The third-order valence-electron chi connectivity index (χ3n) is 5.17. The normalized spacial score (nSPS) is 15.3. The van der Waals surface area contributed by atoms with Gasteiger partial charge in [0.15, 0.2) is 5.11 Å². The van der Waals surface area contributed by atoms with Gasteiger partial charge in [0.1, 0.15) is 0 Å². The molecule has 26 heavy (non-hydrogen) atoms. The van der Waals surface area contributed by atoms with E-state index in [2.05, 4.69) is 66.1 Å². The number of nitrogens with zero attached hydrogens (tertiary/aromatic N) is 4. The van der Waals surface area contributed by atoms with E-state index in [1.165, 1.54) is 22.4 Å². The number of nitrogens with one attached hydrogen (secondary N) is 1. The molecule has 1 aromatic carbocycles. The van der Waals surface area contributed by atoms with Crippen LogP contribution in [0.1, 0.15) is 28.1 Å². The SMILES string of the molecule is Cc1cc(C)cc(NC(=S)N2CCN(Cc3c(C)nn(C)c3C)CC2)c1. The van der Waals surface area contributed by atoms with E-state index < -0.39 is 0 Å². The summed E-state index contributed by atoms with van der Waals surface area (Å²) in [6.45, 7) is 13.4. The fourth-order valence-corrected chi connectivity index (χ4v) is 3.93. The van der Waals surface area contributed by atoms with Crippen molar-refractivity contribution in [3.05, 3.63) is 46.3 Å². The Balaban J connectivity index is 1.55. The van der Waals surface area contributed by atoms with E-state index in [1.807, 2.05) is 11.7 Å². The van der Waals surface area contributed by atoms with E-state index in [1.54, 1.807) is 0 Å². The van der Waals surface area contributed by atoms with Crippen LogP contribution in [0.3, 0.4) is 0 Å². The molecule has 0 unspecified atom stereocenters. The zero-order valence-electron chi connectivity index (χ0n) is 16.5. The minimum absolute atomic E-state index is 0.823. The highest BCUT2D eigenvalue weighted by atomic mass is 32.1. The number of benzene rings is 1. The van der Waals surface area contributed by atoms with Crippen molar-refractivity contribution in [2.45, 2.75) is 34.2 Å². The summed E-state index contributed by atoms with van der Waals surface area (Å²) in [4.78, 5) is 4.76. The maximum Gasteiger partial charge on any atom is 0.173 e. The first kappa shape index (κ1) is 18.9. The van der Waals surface area contributed by atoms with Crippen molar-refractivity contribution in [1.82, 2.24) is 19.6 Å². The summed E-state index contributed by atoms with van der Waals surface area (Å²) in [5.74, 6) is 0. The van der Waals surface area contributed by atoms with Gasteiger partial charge in [0.2, 0.25) is 0 Å². The van der Waals surface area contributed by atoms with Crippen LogP contribution in [0.15, 0.2) is 18.2 Å². The van der Waals surface area contributed by atoms with E-state index >= 15 is 0 Å². The van der Waals surface area contributed by atoms with Crippen molar-refractivity contribution in [3.8, 4) is 0 Å². The Bertz CT molecular complexity index is 783. The number of hydrogen-bond acceptors (Lipinski definition) is 3. The summed E-state index contributed by atoms with van der Waals surface area (Å²) in [6.07, 6.45) is 0. The average Bonchev–Trinajstić information content (AvgIpc) is 2.81. The van der Waals surface area contributed by atoms with Crippen molar-refractivity contribution in [2.75, 3.05) is 31.5 Å². The van der Waals surface area contributed by atoms with Gasteiger partial charge in [-0.2, -0.15) is 5.10 Å². The Hall–Kier alpha value is -1.92. The quantitative estimate of drug-likeness (QED) is 0.839. The number of hydrogen-bond donors (Lipinski definition) is 1. The van der Waals surface area contributed by atoms with E-state index in [9.17, 15) is 0 Å². The van der Waals surface area contributed by atoms with Gasteiger partial charge in [-0.3, -0.25) is 9.58 Å². The highest BCUT2D eigenvalue weighted by molar-refractivity contribution is 7.80. The van der Waals surface area contributed by atoms with Crippen LogP contribution in [0, 0.1) is 27.7 Å². The van der Waals surface area contributed by atoms with Crippen LogP contribution in [0.5, 0.6) is 0 Å². The third-order valence-corrected chi connectivity index (χ3v) is 5.53. The van der Waals surface area contributed by atoms with Gasteiger partial charge >= 0.3 is 0 Å². The standard InChI is InChI=1S/C20H29N5S/c1-14-10-15(2)12-18(11-14)21-20(26)25-8-6-24(7-9-25)13-19-16(3)22-23(5)17(19)4/h10-12H,6-9,13H2,1-5H3,(H,21,26). The van der Waals surface area contributed by atoms with Crippen LogP contribution in [-0.2, 0) is 13.6 Å². The van der Waals surface area contributed by atoms with Crippen LogP contribution in [0.4, 0.5) is 5.69 Å². The van der Waals surface area contributed by atoms with Crippen LogP contribution in [0.25, 0.3) is 0 Å². The Morgan fingerprint density at radius 2 is 1.65 bits per heavy atom. The van der Waals surface area contributed by atoms with E-state index in [0.717, 1.165) is 49.2 Å². The molecule has 5 nitrogen and oxygen atoms in total. The number of anilines is 1. The molecule has 1 aliphatic heterocycles. The number of rotatable bonds is 3. The Labute approximate surface area is 162 Å². The fourth-order valence-electron chi connectivity index (χ4n) is 3.63. The first-order valence-electron chi connectivity index (χ1n) is 9.19. The second-order valence-corrected chi connectivity index (χ2v) is 7.73. The maximum absolute atomic E-state index is 5.64. The van der Waals surface area contributed by atoms with E-state index in [0.29, 0.717) is 0 Å². The lowest BCUT2D eigenvalue weighted by atomic mass is 10.1. The molecule has 3 rings (SSSR count). The van der Waals surface area contributed by atoms with Crippen molar-refractivity contribution in [3.63, 3.8) is 0 Å². The summed E-state index contributed by atoms with van der Waals surface area (Å²) in [5.41, 5.74) is 7.34. The number of aromatic nitrogens is 2. The van der Waals surface area contributed by atoms with Gasteiger partial charge in [0, 0.05) is 56.7 Å². The lowest BCUT2D eigenvalue weighted by molar-refractivity contribution is 0.176. The van der Waals surface area contributed by atoms with E-state index in [4.69, 9.17) is 12.2 Å². The van der Waals surface area contributed by atoms with Gasteiger partial charge < -0.3 is 10.2 Å². The summed E-state index contributed by atoms with van der Waals surface area (Å²) >= 11 is 5.64. The zero-order valence-corrected chi connectivity index (χ0v) is 17.3. The Kier molecular flexibility index (Phi) is 5.63. The van der Waals surface area contributed by atoms with Crippen molar-refractivity contribution >= 4 is 23.0 Å². The zero-order chi connectivity index (χ0) is 18.8. The molecule has 0 bridgehead atoms. The monoisotopic (exact) mass is 371 g/mol. The first-order chi connectivity index (χ1) is 12.3. The summed E-state index contributed by atoms with van der Waals surface area (Å²) < 4.78 is 1.98. The van der Waals surface area contributed by atoms with Crippen LogP contribution in [-0.4, -0.2) is 50.9 Å². The van der Waals surface area contributed by atoms with Crippen molar-refractivity contribution in [2.24, 2.45) is 7.05 Å². The lowest BCUT2D eigenvalue weighted by Crippen LogP contribution is -2.49. The van der Waals surface area contributed by atoms with Gasteiger partial charge in [-0.05, 0) is 63.2 Å². The van der Waals surface area contributed by atoms with Gasteiger partial charge in [0.25, 0.3) is 0 Å². The summed E-state index contributed by atoms with van der Waals surface area (Å²) in [6, 6.07) is 6.46. The molecule has 0 spiro atoms. The molecule has 0 amide bonds. The van der Waals surface area contributed by atoms with Crippen molar-refractivity contribution in [1.29, 1.82) is 0 Å². The molecule has 0 radical (unpaired) electrons. The Morgan fingerprint density at radius 1 is 1.04 bits per heavy atom. The second-order valence-electron chi connectivity index (χ2n) is 7.34. The molecule has 2 heterocycles. The van der Waals surface area contributed by atoms with Gasteiger partial charge in [-0.25, -0.2) is 0 Å². The number of piperazine rings is 1. The molecule has 140 valence electrons. The Morgan fingerprint density at radius 3 is 2.19 bits per heavy atom. The molecule has 1 aromatic heterocycles. The highest BCUT2D eigenvalue weighted by Gasteiger charge is 2.21. The van der Waals surface area contributed by atoms with Crippen LogP contribution < -0.4 is 5.32 Å². The molecular formula is C20H29N5S. The summed E-state index contributed by atoms with van der Waals surface area (Å²) in [7, 11) is 2.01. The molecule has 1 fully saturated rings. The molecule has 1 aliphatic rings. The number of thiocarbonyl (C=S) groups is 1. The molecule has 0 aliphatic carbocycles. The van der Waals surface area contributed by atoms with Gasteiger partial charge in [0.05, 0.1) is 5.69 Å². The third kappa shape index (κ3) is 4.24. The predicted molar refractivity (Wildman–Crippen MR) is 112 cm³/mol. The summed E-state index contributed by atoms with van der Waals surface area (Å²) in [5, 5.41) is 8.76. The fraction of sp³-hybridized carbons (Fsp3) is 0.500. The molecule has 1 saturated heterocycles. The highest BCUT2D eigenvalue weighted by Crippen LogP contribution is 2.17. The molecular weight excluding hydrogens is 342 g/mol. The van der Waals surface area contributed by atoms with Gasteiger partial charge in [-0.15, -0.1) is 0 Å². The molecule has 2 aromatic rings. The predicted octanol–water partition coefficient (Wildman–Crippen LogP) is 3.17. The topological polar surface area (TPSA) is 36.3 Å². The molecule has 6 heteroatoms. The average molecular weight is 372 g/mol. The lowest BCUT2D eigenvalue weighted by Gasteiger charge is -2.36. The molecule has 0 atom stereocenters. The minimum Gasteiger partial charge on any atom is -0.346 e. The second kappa shape index (κ2) is 7.76. The first-order valence-corrected chi connectivity index (χ1v) is 9.60. The maximum atomic E-state index is 5.64. The van der Waals surface area contributed by atoms with Gasteiger partial charge in [-0.1, -0.05) is 6.07 Å². The number of aryl methyl sites for hydroxylation is 4. The van der Waals surface area contributed by atoms with Crippen molar-refractivity contribution < 1.29 is 0 Å². The van der Waals surface area contributed by atoms with Crippen LogP contribution >= 0.6 is 12.2 Å².